The first-order valence-corrected chi connectivity index (χ1v) is 7.81. The van der Waals surface area contributed by atoms with Gasteiger partial charge in [-0.1, -0.05) is 12.1 Å². The van der Waals surface area contributed by atoms with Crippen molar-refractivity contribution in [2.75, 3.05) is 27.9 Å². The van der Waals surface area contributed by atoms with Crippen molar-refractivity contribution in [3.8, 4) is 23.0 Å². The molecule has 1 aliphatic heterocycles. The maximum atomic E-state index is 10.7. The molecule has 0 saturated carbocycles. The molecule has 0 saturated heterocycles. The molecule has 1 N–H and O–H groups in total. The number of hydrogen-bond acceptors (Lipinski definition) is 5. The van der Waals surface area contributed by atoms with E-state index >= 15 is 0 Å². The summed E-state index contributed by atoms with van der Waals surface area (Å²) in [6, 6.07) is 9.79. The number of phenolic OH excluding ortho intramolecular Hbond substituents is 1. The summed E-state index contributed by atoms with van der Waals surface area (Å²) >= 11 is 0. The molecule has 5 nitrogen and oxygen atoms in total. The molecule has 0 bridgehead atoms. The summed E-state index contributed by atoms with van der Waals surface area (Å²) in [5, 5.41) is 10.7. The Morgan fingerprint density at radius 2 is 1.76 bits per heavy atom. The maximum absolute atomic E-state index is 10.7. The minimum atomic E-state index is 0. The lowest BCUT2D eigenvalue weighted by Crippen LogP contribution is -2.16. The third-order valence-corrected chi connectivity index (χ3v) is 4.23. The zero-order valence-corrected chi connectivity index (χ0v) is 15.4. The van der Waals surface area contributed by atoms with Crippen LogP contribution >= 0.6 is 12.4 Å². The minimum Gasteiger partial charge on any atom is -0.504 e. The second-order valence-electron chi connectivity index (χ2n) is 5.60. The molecule has 0 amide bonds. The van der Waals surface area contributed by atoms with Gasteiger partial charge >= 0.3 is 0 Å². The summed E-state index contributed by atoms with van der Waals surface area (Å²) in [6.45, 7) is 0.702. The molecule has 6 heteroatoms. The van der Waals surface area contributed by atoms with Gasteiger partial charge in [0.05, 0.1) is 27.0 Å². The predicted octanol–water partition coefficient (Wildman–Crippen LogP) is 3.43. The Hall–Kier alpha value is -2.40. The molecular formula is C19H22ClNO4. The summed E-state index contributed by atoms with van der Waals surface area (Å²) in [5.74, 6) is 1.80. The molecule has 0 spiro atoms. The van der Waals surface area contributed by atoms with Crippen LogP contribution in [0, 0.1) is 0 Å². The summed E-state index contributed by atoms with van der Waals surface area (Å²) in [6.07, 6.45) is 1.41. The summed E-state index contributed by atoms with van der Waals surface area (Å²) < 4.78 is 15.8. The lowest BCUT2D eigenvalue weighted by Gasteiger charge is -2.21. The molecule has 0 atom stereocenters. The highest BCUT2D eigenvalue weighted by molar-refractivity contribution is 6.07. The standard InChI is InChI=1S/C19H21NO4.ClH/c1-22-14-6-4-12(5-7-14)10-15-17-13(8-9-20-15)11-16(23-2)19(24-3)18(17)21;/h4-7,11,21H,8-10H2,1-3H3;1H. The number of methoxy groups -OCH3 is 3. The Morgan fingerprint density at radius 1 is 1.04 bits per heavy atom. The van der Waals surface area contributed by atoms with Crippen molar-refractivity contribution in [3.05, 3.63) is 47.0 Å². The van der Waals surface area contributed by atoms with Crippen LogP contribution in [0.4, 0.5) is 0 Å². The highest BCUT2D eigenvalue weighted by Gasteiger charge is 2.24. The van der Waals surface area contributed by atoms with Crippen LogP contribution in [0.15, 0.2) is 35.3 Å². The second-order valence-corrected chi connectivity index (χ2v) is 5.60. The average molecular weight is 364 g/mol. The van der Waals surface area contributed by atoms with E-state index in [1.54, 1.807) is 14.2 Å². The molecular weight excluding hydrogens is 342 g/mol. The number of benzene rings is 2. The summed E-state index contributed by atoms with van der Waals surface area (Å²) in [5.41, 5.74) is 3.76. The molecule has 1 heterocycles. The number of ether oxygens (including phenoxy) is 3. The third-order valence-electron chi connectivity index (χ3n) is 4.23. The zero-order chi connectivity index (χ0) is 17.1. The second kappa shape index (κ2) is 8.12. The van der Waals surface area contributed by atoms with E-state index in [2.05, 4.69) is 4.99 Å². The molecule has 25 heavy (non-hydrogen) atoms. The van der Waals surface area contributed by atoms with E-state index in [-0.39, 0.29) is 18.2 Å². The van der Waals surface area contributed by atoms with Crippen LogP contribution in [-0.2, 0) is 12.8 Å². The molecule has 2 aromatic rings. The lowest BCUT2D eigenvalue weighted by molar-refractivity contribution is 0.332. The van der Waals surface area contributed by atoms with Gasteiger partial charge in [0.1, 0.15) is 5.75 Å². The highest BCUT2D eigenvalue weighted by Crippen LogP contribution is 2.42. The number of hydrogen-bond donors (Lipinski definition) is 1. The first kappa shape index (κ1) is 18.9. The normalized spacial score (nSPS) is 12.5. The molecule has 134 valence electrons. The number of phenols is 1. The Balaban J connectivity index is 0.00000225. The van der Waals surface area contributed by atoms with Gasteiger partial charge in [-0.05, 0) is 35.7 Å². The molecule has 0 aromatic heterocycles. The first-order valence-electron chi connectivity index (χ1n) is 7.81. The Morgan fingerprint density at radius 3 is 2.36 bits per heavy atom. The van der Waals surface area contributed by atoms with Gasteiger partial charge in [0, 0.05) is 18.5 Å². The van der Waals surface area contributed by atoms with Gasteiger partial charge in [0.25, 0.3) is 0 Å². The largest absolute Gasteiger partial charge is 0.504 e. The molecule has 0 radical (unpaired) electrons. The fourth-order valence-corrected chi connectivity index (χ4v) is 3.02. The van der Waals surface area contributed by atoms with Crippen LogP contribution in [0.1, 0.15) is 16.7 Å². The molecule has 2 aromatic carbocycles. The van der Waals surface area contributed by atoms with Crippen molar-refractivity contribution in [2.45, 2.75) is 12.8 Å². The Labute approximate surface area is 153 Å². The van der Waals surface area contributed by atoms with Gasteiger partial charge in [0.15, 0.2) is 11.5 Å². The van der Waals surface area contributed by atoms with Crippen molar-refractivity contribution >= 4 is 18.1 Å². The van der Waals surface area contributed by atoms with Crippen LogP contribution in [0.3, 0.4) is 0 Å². The van der Waals surface area contributed by atoms with Gasteiger partial charge in [-0.2, -0.15) is 0 Å². The number of aliphatic imine (C=N–C) groups is 1. The van der Waals surface area contributed by atoms with Gasteiger partial charge < -0.3 is 19.3 Å². The first-order chi connectivity index (χ1) is 11.7. The lowest BCUT2D eigenvalue weighted by atomic mass is 9.92. The fourth-order valence-electron chi connectivity index (χ4n) is 3.02. The van der Waals surface area contributed by atoms with Crippen molar-refractivity contribution in [3.63, 3.8) is 0 Å². The highest BCUT2D eigenvalue weighted by atomic mass is 35.5. The maximum Gasteiger partial charge on any atom is 0.203 e. The average Bonchev–Trinajstić information content (AvgIpc) is 2.62. The van der Waals surface area contributed by atoms with Crippen molar-refractivity contribution < 1.29 is 19.3 Å². The van der Waals surface area contributed by atoms with Crippen LogP contribution < -0.4 is 14.2 Å². The zero-order valence-electron chi connectivity index (χ0n) is 14.5. The van der Waals surface area contributed by atoms with E-state index in [0.29, 0.717) is 24.5 Å². The number of aromatic hydroxyl groups is 1. The van der Waals surface area contributed by atoms with E-state index < -0.39 is 0 Å². The quantitative estimate of drug-likeness (QED) is 0.884. The van der Waals surface area contributed by atoms with E-state index in [9.17, 15) is 5.11 Å². The molecule has 0 unspecified atom stereocenters. The monoisotopic (exact) mass is 363 g/mol. The SMILES string of the molecule is COc1ccc(CC2=NCCc3cc(OC)c(OC)c(O)c32)cc1.Cl. The predicted molar refractivity (Wildman–Crippen MR) is 100 cm³/mol. The molecule has 1 aliphatic rings. The van der Waals surface area contributed by atoms with E-state index in [1.807, 2.05) is 30.3 Å². The van der Waals surface area contributed by atoms with Crippen molar-refractivity contribution in [2.24, 2.45) is 4.99 Å². The van der Waals surface area contributed by atoms with E-state index in [1.165, 1.54) is 7.11 Å². The topological polar surface area (TPSA) is 60.3 Å². The minimum absolute atomic E-state index is 0. The number of rotatable bonds is 5. The molecule has 3 rings (SSSR count). The summed E-state index contributed by atoms with van der Waals surface area (Å²) in [7, 11) is 4.74. The summed E-state index contributed by atoms with van der Waals surface area (Å²) in [4.78, 5) is 4.63. The molecule has 0 fully saturated rings. The van der Waals surface area contributed by atoms with Crippen LogP contribution in [0.2, 0.25) is 0 Å². The van der Waals surface area contributed by atoms with Gasteiger partial charge in [-0.15, -0.1) is 12.4 Å². The number of fused-ring (bicyclic) bond motifs is 1. The van der Waals surface area contributed by atoms with Crippen molar-refractivity contribution in [1.29, 1.82) is 0 Å². The Kier molecular flexibility index (Phi) is 6.15. The molecule has 0 aliphatic carbocycles. The smallest absolute Gasteiger partial charge is 0.203 e. The van der Waals surface area contributed by atoms with Crippen LogP contribution in [0.5, 0.6) is 23.0 Å². The van der Waals surface area contributed by atoms with E-state index in [4.69, 9.17) is 14.2 Å². The van der Waals surface area contributed by atoms with Gasteiger partial charge in [0.2, 0.25) is 5.75 Å². The van der Waals surface area contributed by atoms with Crippen LogP contribution in [0.25, 0.3) is 0 Å². The number of halogens is 1. The Bertz CT molecular complexity index is 772. The van der Waals surface area contributed by atoms with Crippen LogP contribution in [-0.4, -0.2) is 38.7 Å². The van der Waals surface area contributed by atoms with Gasteiger partial charge in [-0.3, -0.25) is 4.99 Å². The number of nitrogens with zero attached hydrogens (tertiary/aromatic N) is 1. The van der Waals surface area contributed by atoms with E-state index in [0.717, 1.165) is 34.6 Å². The fraction of sp³-hybridized carbons (Fsp3) is 0.316. The van der Waals surface area contributed by atoms with Crippen molar-refractivity contribution in [1.82, 2.24) is 0 Å². The third kappa shape index (κ3) is 3.66. The van der Waals surface area contributed by atoms with Gasteiger partial charge in [-0.25, -0.2) is 0 Å².